The SMILES string of the molecule is CN=C(NCCCn1c(C)nc2ccccc21)NC1CN(C(C)C)CC1C.I. The highest BCUT2D eigenvalue weighted by Crippen LogP contribution is 2.18. The molecule has 1 aromatic heterocycles. The second kappa shape index (κ2) is 10.4. The summed E-state index contributed by atoms with van der Waals surface area (Å²) in [6.07, 6.45) is 1.03. The molecule has 2 atom stereocenters. The average Bonchev–Trinajstić information content (AvgIpc) is 3.17. The molecule has 1 aromatic carbocycles. The van der Waals surface area contributed by atoms with Crippen LogP contribution < -0.4 is 10.6 Å². The minimum atomic E-state index is 0. The number of hydrogen-bond donors (Lipinski definition) is 2. The van der Waals surface area contributed by atoms with Gasteiger partial charge in [0.15, 0.2) is 5.96 Å². The number of nitrogens with one attached hydrogen (secondary N) is 2. The van der Waals surface area contributed by atoms with E-state index in [0.717, 1.165) is 49.9 Å². The normalized spacial score (nSPS) is 20.6. The van der Waals surface area contributed by atoms with E-state index in [4.69, 9.17) is 0 Å². The Morgan fingerprint density at radius 2 is 2.04 bits per heavy atom. The van der Waals surface area contributed by atoms with Crippen LogP contribution in [0.5, 0.6) is 0 Å². The monoisotopic (exact) mass is 498 g/mol. The van der Waals surface area contributed by atoms with E-state index in [-0.39, 0.29) is 24.0 Å². The smallest absolute Gasteiger partial charge is 0.191 e. The number of aromatic nitrogens is 2. The number of likely N-dealkylation sites (tertiary alicyclic amines) is 1. The molecular formula is C21H35IN6. The van der Waals surface area contributed by atoms with Gasteiger partial charge in [-0.2, -0.15) is 0 Å². The number of guanidine groups is 1. The van der Waals surface area contributed by atoms with Gasteiger partial charge in [-0.15, -0.1) is 24.0 Å². The second-order valence-electron chi connectivity index (χ2n) is 7.93. The number of imidazole rings is 1. The maximum atomic E-state index is 4.64. The van der Waals surface area contributed by atoms with Gasteiger partial charge < -0.3 is 15.2 Å². The summed E-state index contributed by atoms with van der Waals surface area (Å²) in [4.78, 5) is 11.6. The van der Waals surface area contributed by atoms with E-state index in [2.05, 4.69) is 76.0 Å². The molecule has 1 fully saturated rings. The summed E-state index contributed by atoms with van der Waals surface area (Å²) in [5, 5.41) is 7.09. The molecule has 6 nitrogen and oxygen atoms in total. The second-order valence-corrected chi connectivity index (χ2v) is 7.93. The standard InChI is InChI=1S/C21H34N6.HI/c1-15(2)26-13-16(3)19(14-26)25-21(22-5)23-11-8-12-27-17(4)24-18-9-6-7-10-20(18)27;/h6-7,9-10,15-16,19H,8,11-14H2,1-5H3,(H2,22,23,25);1H. The van der Waals surface area contributed by atoms with Crippen molar-refractivity contribution < 1.29 is 0 Å². The zero-order chi connectivity index (χ0) is 19.4. The maximum Gasteiger partial charge on any atom is 0.191 e. The van der Waals surface area contributed by atoms with Crippen molar-refractivity contribution in [2.75, 3.05) is 26.7 Å². The topological polar surface area (TPSA) is 57.5 Å². The Hall–Kier alpha value is -1.35. The van der Waals surface area contributed by atoms with Crippen LogP contribution in [0.3, 0.4) is 0 Å². The molecule has 28 heavy (non-hydrogen) atoms. The van der Waals surface area contributed by atoms with E-state index < -0.39 is 0 Å². The van der Waals surface area contributed by atoms with Gasteiger partial charge in [-0.1, -0.05) is 19.1 Å². The number of aliphatic imine (C=N–C) groups is 1. The van der Waals surface area contributed by atoms with Crippen LogP contribution in [-0.2, 0) is 6.54 Å². The van der Waals surface area contributed by atoms with Gasteiger partial charge in [-0.25, -0.2) is 4.98 Å². The molecule has 2 heterocycles. The highest BCUT2D eigenvalue weighted by molar-refractivity contribution is 14.0. The number of fused-ring (bicyclic) bond motifs is 1. The minimum absolute atomic E-state index is 0. The lowest BCUT2D eigenvalue weighted by Gasteiger charge is -2.22. The summed E-state index contributed by atoms with van der Waals surface area (Å²) in [6, 6.07) is 9.39. The van der Waals surface area contributed by atoms with E-state index in [0.29, 0.717) is 18.0 Å². The lowest BCUT2D eigenvalue weighted by Crippen LogP contribution is -2.47. The van der Waals surface area contributed by atoms with Crippen molar-refractivity contribution in [2.24, 2.45) is 10.9 Å². The Bertz CT molecular complexity index is 784. The van der Waals surface area contributed by atoms with Crippen LogP contribution in [-0.4, -0.2) is 59.2 Å². The predicted molar refractivity (Wildman–Crippen MR) is 129 cm³/mol. The van der Waals surface area contributed by atoms with Gasteiger partial charge in [0.2, 0.25) is 0 Å². The zero-order valence-corrected chi connectivity index (χ0v) is 20.1. The van der Waals surface area contributed by atoms with Gasteiger partial charge in [0, 0.05) is 45.3 Å². The first-order valence-corrected chi connectivity index (χ1v) is 10.1. The summed E-state index contributed by atoms with van der Waals surface area (Å²) in [5.41, 5.74) is 2.29. The molecule has 7 heteroatoms. The molecule has 0 saturated carbocycles. The number of hydrogen-bond acceptors (Lipinski definition) is 3. The van der Waals surface area contributed by atoms with E-state index in [1.807, 2.05) is 13.1 Å². The predicted octanol–water partition coefficient (Wildman–Crippen LogP) is 3.25. The van der Waals surface area contributed by atoms with Gasteiger partial charge in [-0.05, 0) is 45.2 Å². The van der Waals surface area contributed by atoms with Gasteiger partial charge in [-0.3, -0.25) is 9.89 Å². The van der Waals surface area contributed by atoms with Crippen LogP contribution in [0.25, 0.3) is 11.0 Å². The fourth-order valence-electron chi connectivity index (χ4n) is 3.91. The van der Waals surface area contributed by atoms with Crippen molar-refractivity contribution in [1.82, 2.24) is 25.1 Å². The number of rotatable bonds is 6. The summed E-state index contributed by atoms with van der Waals surface area (Å²) < 4.78 is 2.30. The highest BCUT2D eigenvalue weighted by atomic mass is 127. The van der Waals surface area contributed by atoms with Crippen LogP contribution >= 0.6 is 24.0 Å². The fourth-order valence-corrected chi connectivity index (χ4v) is 3.91. The van der Waals surface area contributed by atoms with E-state index in [1.165, 1.54) is 5.52 Å². The molecule has 3 rings (SSSR count). The van der Waals surface area contributed by atoms with Gasteiger partial charge in [0.25, 0.3) is 0 Å². The molecule has 1 saturated heterocycles. The van der Waals surface area contributed by atoms with Crippen molar-refractivity contribution in [1.29, 1.82) is 0 Å². The van der Waals surface area contributed by atoms with E-state index >= 15 is 0 Å². The highest BCUT2D eigenvalue weighted by Gasteiger charge is 2.31. The molecular weight excluding hydrogens is 463 g/mol. The molecule has 0 radical (unpaired) electrons. The first-order valence-electron chi connectivity index (χ1n) is 10.1. The molecule has 2 N–H and O–H groups in total. The Balaban J connectivity index is 0.00000280. The summed E-state index contributed by atoms with van der Waals surface area (Å²) in [5.74, 6) is 2.61. The van der Waals surface area contributed by atoms with Crippen LogP contribution in [0.1, 0.15) is 33.0 Å². The average molecular weight is 498 g/mol. The van der Waals surface area contributed by atoms with E-state index in [9.17, 15) is 0 Å². The molecule has 2 unspecified atom stereocenters. The Morgan fingerprint density at radius 1 is 1.29 bits per heavy atom. The van der Waals surface area contributed by atoms with Crippen LogP contribution in [0, 0.1) is 12.8 Å². The van der Waals surface area contributed by atoms with Gasteiger partial charge >= 0.3 is 0 Å². The first kappa shape index (κ1) is 22.9. The third kappa shape index (κ3) is 5.37. The van der Waals surface area contributed by atoms with Gasteiger partial charge in [0.1, 0.15) is 5.82 Å². The molecule has 1 aliphatic rings. The maximum absolute atomic E-state index is 4.64. The first-order chi connectivity index (χ1) is 13.0. The minimum Gasteiger partial charge on any atom is -0.356 e. The summed E-state index contributed by atoms with van der Waals surface area (Å²) in [6.45, 7) is 13.0. The van der Waals surface area contributed by atoms with Crippen molar-refractivity contribution in [3.63, 3.8) is 0 Å². The lowest BCUT2D eigenvalue weighted by atomic mass is 10.1. The molecule has 0 amide bonds. The van der Waals surface area contributed by atoms with Crippen molar-refractivity contribution >= 4 is 41.0 Å². The largest absolute Gasteiger partial charge is 0.356 e. The lowest BCUT2D eigenvalue weighted by molar-refractivity contribution is 0.265. The van der Waals surface area contributed by atoms with Crippen molar-refractivity contribution in [2.45, 2.75) is 52.7 Å². The molecule has 156 valence electrons. The Labute approximate surface area is 186 Å². The third-order valence-electron chi connectivity index (χ3n) is 5.61. The molecule has 0 bridgehead atoms. The molecule has 1 aliphatic heterocycles. The zero-order valence-electron chi connectivity index (χ0n) is 17.8. The van der Waals surface area contributed by atoms with Gasteiger partial charge in [0.05, 0.1) is 11.0 Å². The molecule has 0 spiro atoms. The number of halogens is 1. The Kier molecular flexibility index (Phi) is 8.55. The summed E-state index contributed by atoms with van der Waals surface area (Å²) in [7, 11) is 1.85. The molecule has 0 aliphatic carbocycles. The Morgan fingerprint density at radius 3 is 2.71 bits per heavy atom. The van der Waals surface area contributed by atoms with Crippen LogP contribution in [0.4, 0.5) is 0 Å². The fraction of sp³-hybridized carbons (Fsp3) is 0.619. The molecule has 2 aromatic rings. The van der Waals surface area contributed by atoms with Crippen molar-refractivity contribution in [3.05, 3.63) is 30.1 Å². The summed E-state index contributed by atoms with van der Waals surface area (Å²) >= 11 is 0. The van der Waals surface area contributed by atoms with E-state index in [1.54, 1.807) is 0 Å². The third-order valence-corrected chi connectivity index (χ3v) is 5.61. The quantitative estimate of drug-likeness (QED) is 0.278. The number of aryl methyl sites for hydroxylation is 2. The van der Waals surface area contributed by atoms with Crippen molar-refractivity contribution in [3.8, 4) is 0 Å². The number of nitrogens with zero attached hydrogens (tertiary/aromatic N) is 4. The number of para-hydroxylation sites is 2. The number of benzene rings is 1. The van der Waals surface area contributed by atoms with Crippen LogP contribution in [0.15, 0.2) is 29.3 Å². The van der Waals surface area contributed by atoms with Crippen LogP contribution in [0.2, 0.25) is 0 Å².